The van der Waals surface area contributed by atoms with Gasteiger partial charge in [0.15, 0.2) is 0 Å². The van der Waals surface area contributed by atoms with Crippen LogP contribution in [0.5, 0.6) is 0 Å². The van der Waals surface area contributed by atoms with Gasteiger partial charge in [0.05, 0.1) is 0 Å². The Morgan fingerprint density at radius 3 is 2.53 bits per heavy atom. The standard InChI is InChI=1S/C25H33N3O2/c1-4-19-10-12-20(13-11-19)16-26-24(29)22-8-5-7-21(15-22)23-9-6-14-28(17-23)25(30)27-18(2)3/h5,7-8,10-13,15,18,23H,4,6,9,14,16-17H2,1-3H3,(H,26,29)(H,27,30)/t23-/m0/s1. The van der Waals surface area contributed by atoms with E-state index in [1.807, 2.05) is 36.9 Å². The summed E-state index contributed by atoms with van der Waals surface area (Å²) in [7, 11) is 0. The maximum atomic E-state index is 12.7. The molecule has 30 heavy (non-hydrogen) atoms. The fourth-order valence-corrected chi connectivity index (χ4v) is 3.88. The largest absolute Gasteiger partial charge is 0.348 e. The highest BCUT2D eigenvalue weighted by molar-refractivity contribution is 5.94. The van der Waals surface area contributed by atoms with Gasteiger partial charge in [-0.1, -0.05) is 43.3 Å². The first-order valence-corrected chi connectivity index (χ1v) is 11.0. The molecule has 0 saturated carbocycles. The second-order valence-electron chi connectivity index (χ2n) is 8.37. The summed E-state index contributed by atoms with van der Waals surface area (Å²) in [4.78, 5) is 26.9. The van der Waals surface area contributed by atoms with E-state index in [0.29, 0.717) is 18.7 Å². The fraction of sp³-hybridized carbons (Fsp3) is 0.440. The summed E-state index contributed by atoms with van der Waals surface area (Å²) in [6.07, 6.45) is 3.01. The third-order valence-corrected chi connectivity index (χ3v) is 5.63. The molecular weight excluding hydrogens is 374 g/mol. The Morgan fingerprint density at radius 1 is 1.10 bits per heavy atom. The third-order valence-electron chi connectivity index (χ3n) is 5.63. The number of nitrogens with zero attached hydrogens (tertiary/aromatic N) is 1. The Bertz CT molecular complexity index is 861. The van der Waals surface area contributed by atoms with Gasteiger partial charge in [-0.05, 0) is 61.9 Å². The van der Waals surface area contributed by atoms with Crippen molar-refractivity contribution < 1.29 is 9.59 Å². The summed E-state index contributed by atoms with van der Waals surface area (Å²) < 4.78 is 0. The molecule has 0 radical (unpaired) electrons. The summed E-state index contributed by atoms with van der Waals surface area (Å²) in [5.41, 5.74) is 4.18. The van der Waals surface area contributed by atoms with Crippen molar-refractivity contribution in [3.05, 3.63) is 70.8 Å². The van der Waals surface area contributed by atoms with Crippen LogP contribution in [-0.4, -0.2) is 36.0 Å². The molecule has 5 heteroatoms. The van der Waals surface area contributed by atoms with Crippen LogP contribution in [0.4, 0.5) is 4.79 Å². The Labute approximate surface area is 179 Å². The van der Waals surface area contributed by atoms with Gasteiger partial charge in [-0.15, -0.1) is 0 Å². The molecule has 1 saturated heterocycles. The second-order valence-corrected chi connectivity index (χ2v) is 8.37. The number of amides is 3. The molecule has 160 valence electrons. The molecule has 0 spiro atoms. The minimum absolute atomic E-state index is 0.00214. The van der Waals surface area contributed by atoms with Gasteiger partial charge in [-0.2, -0.15) is 0 Å². The SMILES string of the molecule is CCc1ccc(CNC(=O)c2cccc([C@H]3CCCN(C(=O)NC(C)C)C3)c2)cc1. The third kappa shape index (κ3) is 5.85. The predicted octanol–water partition coefficient (Wildman–Crippen LogP) is 4.48. The zero-order valence-electron chi connectivity index (χ0n) is 18.3. The molecule has 2 N–H and O–H groups in total. The number of carbonyl (C=O) groups is 2. The maximum Gasteiger partial charge on any atom is 0.317 e. The summed E-state index contributed by atoms with van der Waals surface area (Å²) in [5, 5.41) is 5.99. The van der Waals surface area contributed by atoms with Gasteiger partial charge < -0.3 is 15.5 Å². The molecule has 0 aromatic heterocycles. The van der Waals surface area contributed by atoms with Gasteiger partial charge in [-0.3, -0.25) is 4.79 Å². The minimum Gasteiger partial charge on any atom is -0.348 e. The van der Waals surface area contributed by atoms with Crippen molar-refractivity contribution in [2.24, 2.45) is 0 Å². The van der Waals surface area contributed by atoms with E-state index in [4.69, 9.17) is 0 Å². The number of urea groups is 1. The molecule has 5 nitrogen and oxygen atoms in total. The van der Waals surface area contributed by atoms with Crippen LogP contribution in [0, 0.1) is 0 Å². The van der Waals surface area contributed by atoms with Crippen molar-refractivity contribution in [1.82, 2.24) is 15.5 Å². The quantitative estimate of drug-likeness (QED) is 0.742. The highest BCUT2D eigenvalue weighted by Gasteiger charge is 2.25. The van der Waals surface area contributed by atoms with Crippen LogP contribution >= 0.6 is 0 Å². The fourth-order valence-electron chi connectivity index (χ4n) is 3.88. The Morgan fingerprint density at radius 2 is 1.83 bits per heavy atom. The molecule has 0 bridgehead atoms. The Hall–Kier alpha value is -2.82. The van der Waals surface area contributed by atoms with Gasteiger partial charge in [0.25, 0.3) is 5.91 Å². The lowest BCUT2D eigenvalue weighted by molar-refractivity contribution is 0.0950. The zero-order chi connectivity index (χ0) is 21.5. The monoisotopic (exact) mass is 407 g/mol. The first kappa shape index (κ1) is 21.9. The van der Waals surface area contributed by atoms with Gasteiger partial charge in [0, 0.05) is 37.2 Å². The van der Waals surface area contributed by atoms with E-state index >= 15 is 0 Å². The number of carbonyl (C=O) groups excluding carboxylic acids is 2. The molecule has 0 aliphatic carbocycles. The highest BCUT2D eigenvalue weighted by Crippen LogP contribution is 2.27. The van der Waals surface area contributed by atoms with E-state index in [1.165, 1.54) is 5.56 Å². The molecular formula is C25H33N3O2. The molecule has 2 aromatic rings. The molecule has 1 heterocycles. The lowest BCUT2D eigenvalue weighted by Crippen LogP contribution is -2.47. The number of nitrogens with one attached hydrogen (secondary N) is 2. The van der Waals surface area contributed by atoms with Crippen LogP contribution in [0.3, 0.4) is 0 Å². The van der Waals surface area contributed by atoms with Crippen LogP contribution in [0.1, 0.15) is 66.6 Å². The van der Waals surface area contributed by atoms with E-state index in [2.05, 4.69) is 47.9 Å². The number of hydrogen-bond acceptors (Lipinski definition) is 2. The number of benzene rings is 2. The van der Waals surface area contributed by atoms with Gasteiger partial charge in [0.2, 0.25) is 0 Å². The summed E-state index contributed by atoms with van der Waals surface area (Å²) in [5.74, 6) is 0.188. The topological polar surface area (TPSA) is 61.4 Å². The maximum absolute atomic E-state index is 12.7. The zero-order valence-corrected chi connectivity index (χ0v) is 18.3. The van der Waals surface area contributed by atoms with E-state index in [9.17, 15) is 9.59 Å². The average Bonchev–Trinajstić information content (AvgIpc) is 2.77. The van der Waals surface area contributed by atoms with E-state index in [1.54, 1.807) is 0 Å². The highest BCUT2D eigenvalue weighted by atomic mass is 16.2. The lowest BCUT2D eigenvalue weighted by Gasteiger charge is -2.33. The molecule has 0 unspecified atom stereocenters. The van der Waals surface area contributed by atoms with Crippen molar-refractivity contribution in [2.75, 3.05) is 13.1 Å². The average molecular weight is 408 g/mol. The molecule has 3 amide bonds. The Balaban J connectivity index is 1.61. The van der Waals surface area contributed by atoms with Gasteiger partial charge in [-0.25, -0.2) is 4.79 Å². The molecule has 1 atom stereocenters. The molecule has 3 rings (SSSR count). The molecule has 1 aliphatic heterocycles. The normalized spacial score (nSPS) is 16.4. The van der Waals surface area contributed by atoms with Crippen molar-refractivity contribution in [3.8, 4) is 0 Å². The van der Waals surface area contributed by atoms with E-state index < -0.39 is 0 Å². The second kappa shape index (κ2) is 10.3. The van der Waals surface area contributed by atoms with E-state index in [0.717, 1.165) is 36.9 Å². The van der Waals surface area contributed by atoms with Crippen LogP contribution in [0.25, 0.3) is 0 Å². The summed E-state index contributed by atoms with van der Waals surface area (Å²) in [6.45, 7) is 8.06. The number of hydrogen-bond donors (Lipinski definition) is 2. The van der Waals surface area contributed by atoms with E-state index in [-0.39, 0.29) is 23.9 Å². The number of rotatable bonds is 6. The Kier molecular flexibility index (Phi) is 7.50. The lowest BCUT2D eigenvalue weighted by atomic mass is 9.89. The van der Waals surface area contributed by atoms with Crippen molar-refractivity contribution in [3.63, 3.8) is 0 Å². The first-order valence-electron chi connectivity index (χ1n) is 11.0. The first-order chi connectivity index (χ1) is 14.5. The van der Waals surface area contributed by atoms with Gasteiger partial charge in [0.1, 0.15) is 0 Å². The van der Waals surface area contributed by atoms with Crippen molar-refractivity contribution in [2.45, 2.75) is 58.5 Å². The smallest absolute Gasteiger partial charge is 0.317 e. The number of aryl methyl sites for hydroxylation is 1. The minimum atomic E-state index is -0.0679. The molecule has 2 aromatic carbocycles. The predicted molar refractivity (Wildman–Crippen MR) is 121 cm³/mol. The van der Waals surface area contributed by atoms with Crippen LogP contribution < -0.4 is 10.6 Å². The van der Waals surface area contributed by atoms with Crippen LogP contribution in [-0.2, 0) is 13.0 Å². The molecule has 1 aliphatic rings. The summed E-state index contributed by atoms with van der Waals surface area (Å²) in [6, 6.07) is 16.3. The summed E-state index contributed by atoms with van der Waals surface area (Å²) >= 11 is 0. The number of piperidine rings is 1. The van der Waals surface area contributed by atoms with Crippen molar-refractivity contribution in [1.29, 1.82) is 0 Å². The van der Waals surface area contributed by atoms with Crippen LogP contribution in [0.2, 0.25) is 0 Å². The molecule has 1 fully saturated rings. The van der Waals surface area contributed by atoms with Crippen LogP contribution in [0.15, 0.2) is 48.5 Å². The van der Waals surface area contributed by atoms with Gasteiger partial charge >= 0.3 is 6.03 Å². The number of likely N-dealkylation sites (tertiary alicyclic amines) is 1. The van der Waals surface area contributed by atoms with Crippen molar-refractivity contribution >= 4 is 11.9 Å².